The first-order valence-electron chi connectivity index (χ1n) is 8.41. The Morgan fingerprint density at radius 1 is 1.28 bits per heavy atom. The van der Waals surface area contributed by atoms with Crippen molar-refractivity contribution in [3.05, 3.63) is 24.8 Å². The van der Waals surface area contributed by atoms with E-state index in [-0.39, 0.29) is 6.04 Å². The molecule has 0 saturated carbocycles. The fourth-order valence-electron chi connectivity index (χ4n) is 2.98. The molecule has 0 aliphatic carbocycles. The second-order valence-electron chi connectivity index (χ2n) is 6.50. The molecule has 0 aromatic carbocycles. The Morgan fingerprint density at radius 3 is 2.88 bits per heavy atom. The van der Waals surface area contributed by atoms with Crippen molar-refractivity contribution in [3.63, 3.8) is 0 Å². The van der Waals surface area contributed by atoms with Crippen LogP contribution in [0.25, 0.3) is 22.3 Å². The van der Waals surface area contributed by atoms with E-state index < -0.39 is 0 Å². The van der Waals surface area contributed by atoms with Gasteiger partial charge in [-0.1, -0.05) is 0 Å². The molecule has 3 aromatic rings. The van der Waals surface area contributed by atoms with Crippen LogP contribution in [-0.4, -0.2) is 43.8 Å². The Labute approximate surface area is 145 Å². The summed E-state index contributed by atoms with van der Waals surface area (Å²) in [5, 5.41) is 3.25. The Kier molecular flexibility index (Phi) is 3.96. The number of imidazole rings is 1. The maximum absolute atomic E-state index is 6.16. The topological polar surface area (TPSA) is 104 Å². The number of hydrogen-bond donors (Lipinski definition) is 2. The van der Waals surface area contributed by atoms with Crippen LogP contribution in [0.1, 0.15) is 26.3 Å². The maximum atomic E-state index is 6.16. The molecule has 1 fully saturated rings. The van der Waals surface area contributed by atoms with E-state index in [1.165, 1.54) is 0 Å². The summed E-state index contributed by atoms with van der Waals surface area (Å²) in [6.45, 7) is 5.67. The highest BCUT2D eigenvalue weighted by Gasteiger charge is 2.17. The van der Waals surface area contributed by atoms with Crippen LogP contribution in [-0.2, 0) is 4.74 Å². The van der Waals surface area contributed by atoms with Crippen LogP contribution in [0.3, 0.4) is 0 Å². The Morgan fingerprint density at radius 2 is 2.16 bits per heavy atom. The molecule has 1 aliphatic rings. The zero-order chi connectivity index (χ0) is 17.4. The molecule has 8 nitrogen and oxygen atoms in total. The number of rotatable bonds is 4. The monoisotopic (exact) mass is 339 g/mol. The lowest BCUT2D eigenvalue weighted by Gasteiger charge is -2.12. The van der Waals surface area contributed by atoms with Gasteiger partial charge in [0, 0.05) is 18.8 Å². The number of fused-ring (bicyclic) bond motifs is 1. The average molecular weight is 339 g/mol. The van der Waals surface area contributed by atoms with Crippen molar-refractivity contribution < 1.29 is 4.74 Å². The van der Waals surface area contributed by atoms with Crippen LogP contribution >= 0.6 is 0 Å². The molecule has 1 aliphatic heterocycles. The third-order valence-corrected chi connectivity index (χ3v) is 4.37. The lowest BCUT2D eigenvalue weighted by Crippen LogP contribution is -2.20. The van der Waals surface area contributed by atoms with Crippen molar-refractivity contribution in [1.29, 1.82) is 0 Å². The lowest BCUT2D eigenvalue weighted by molar-refractivity contribution is 0.195. The van der Waals surface area contributed by atoms with Crippen LogP contribution < -0.4 is 11.1 Å². The molecular weight excluding hydrogens is 318 g/mol. The van der Waals surface area contributed by atoms with Gasteiger partial charge in [0.05, 0.1) is 41.9 Å². The van der Waals surface area contributed by atoms with Gasteiger partial charge in [-0.15, -0.1) is 0 Å². The molecule has 0 unspecified atom stereocenters. The molecular formula is C17H21N7O. The van der Waals surface area contributed by atoms with Gasteiger partial charge in [-0.25, -0.2) is 9.97 Å². The summed E-state index contributed by atoms with van der Waals surface area (Å²) in [5.74, 6) is 0.920. The number of nitrogens with one attached hydrogen (secondary N) is 1. The number of hydrogen-bond acceptors (Lipinski definition) is 7. The molecule has 3 aromatic heterocycles. The second kappa shape index (κ2) is 6.29. The predicted molar refractivity (Wildman–Crippen MR) is 96.2 cm³/mol. The molecule has 25 heavy (non-hydrogen) atoms. The van der Waals surface area contributed by atoms with Crippen molar-refractivity contribution in [2.45, 2.75) is 32.4 Å². The summed E-state index contributed by atoms with van der Waals surface area (Å²) in [6, 6.07) is 2.53. The number of nitrogens with zero attached hydrogens (tertiary/aromatic N) is 5. The Bertz CT molecular complexity index is 899. The van der Waals surface area contributed by atoms with E-state index in [1.54, 1.807) is 12.4 Å². The van der Waals surface area contributed by atoms with Gasteiger partial charge >= 0.3 is 0 Å². The van der Waals surface area contributed by atoms with E-state index in [0.717, 1.165) is 29.8 Å². The zero-order valence-corrected chi connectivity index (χ0v) is 14.3. The maximum Gasteiger partial charge on any atom is 0.224 e. The minimum Gasteiger partial charge on any atom is -0.383 e. The van der Waals surface area contributed by atoms with Crippen molar-refractivity contribution in [2.24, 2.45) is 0 Å². The number of anilines is 2. The smallest absolute Gasteiger partial charge is 0.224 e. The summed E-state index contributed by atoms with van der Waals surface area (Å²) in [7, 11) is 0. The minimum atomic E-state index is 0.236. The van der Waals surface area contributed by atoms with Crippen molar-refractivity contribution in [1.82, 2.24) is 24.5 Å². The first-order valence-corrected chi connectivity index (χ1v) is 8.41. The predicted octanol–water partition coefficient (Wildman–Crippen LogP) is 2.25. The summed E-state index contributed by atoms with van der Waals surface area (Å²) < 4.78 is 7.45. The summed E-state index contributed by atoms with van der Waals surface area (Å²) in [5.41, 5.74) is 9.49. The van der Waals surface area contributed by atoms with Crippen LogP contribution in [0.5, 0.6) is 0 Å². The molecule has 1 atom stereocenters. The standard InChI is InChI=1S/C17H21N7O/c1-10(2)24-9-21-14-7-19-13(5-15(14)24)12-6-20-17(23-16(12)18)22-11-3-4-25-8-11/h5-7,9-11H,3-4,8H2,1-2H3,(H3,18,20,22,23)/t11-/m1/s1. The van der Waals surface area contributed by atoms with Crippen molar-refractivity contribution in [3.8, 4) is 11.3 Å². The fraction of sp³-hybridized carbons (Fsp3) is 0.412. The van der Waals surface area contributed by atoms with E-state index in [1.807, 2.05) is 12.4 Å². The third-order valence-electron chi connectivity index (χ3n) is 4.37. The Hall–Kier alpha value is -2.74. The van der Waals surface area contributed by atoms with Gasteiger partial charge in [0.15, 0.2) is 0 Å². The number of ether oxygens (including phenoxy) is 1. The SMILES string of the molecule is CC(C)n1cnc2cnc(-c3cnc(N[C@@H]4CCOC4)nc3N)cc21. The first-order chi connectivity index (χ1) is 12.1. The van der Waals surface area contributed by atoms with E-state index in [4.69, 9.17) is 10.5 Å². The van der Waals surface area contributed by atoms with Crippen LogP contribution in [0, 0.1) is 0 Å². The average Bonchev–Trinajstić information content (AvgIpc) is 3.23. The van der Waals surface area contributed by atoms with Gasteiger partial charge in [0.25, 0.3) is 0 Å². The number of aromatic nitrogens is 5. The summed E-state index contributed by atoms with van der Waals surface area (Å²) >= 11 is 0. The minimum absolute atomic E-state index is 0.236. The molecule has 8 heteroatoms. The largest absolute Gasteiger partial charge is 0.383 e. The van der Waals surface area contributed by atoms with Gasteiger partial charge in [-0.3, -0.25) is 4.98 Å². The molecule has 0 radical (unpaired) electrons. The molecule has 0 bridgehead atoms. The summed E-state index contributed by atoms with van der Waals surface area (Å²) in [4.78, 5) is 17.6. The highest BCUT2D eigenvalue weighted by Crippen LogP contribution is 2.27. The molecule has 4 rings (SSSR count). The van der Waals surface area contributed by atoms with Crippen LogP contribution in [0.2, 0.25) is 0 Å². The zero-order valence-electron chi connectivity index (χ0n) is 14.3. The van der Waals surface area contributed by atoms with Gasteiger partial charge in [0.1, 0.15) is 11.3 Å². The molecule has 0 spiro atoms. The van der Waals surface area contributed by atoms with Crippen LogP contribution in [0.15, 0.2) is 24.8 Å². The first kappa shape index (κ1) is 15.8. The van der Waals surface area contributed by atoms with Crippen molar-refractivity contribution in [2.75, 3.05) is 24.3 Å². The molecule has 1 saturated heterocycles. The fourth-order valence-corrected chi connectivity index (χ4v) is 2.98. The van der Waals surface area contributed by atoms with Gasteiger partial charge in [-0.05, 0) is 26.3 Å². The van der Waals surface area contributed by atoms with E-state index in [9.17, 15) is 0 Å². The number of nitrogens with two attached hydrogens (primary N) is 1. The third kappa shape index (κ3) is 3.00. The molecule has 3 N–H and O–H groups in total. The number of nitrogen functional groups attached to an aromatic ring is 1. The number of pyridine rings is 1. The van der Waals surface area contributed by atoms with E-state index in [0.29, 0.717) is 30.0 Å². The van der Waals surface area contributed by atoms with Crippen LogP contribution in [0.4, 0.5) is 11.8 Å². The molecule has 130 valence electrons. The lowest BCUT2D eigenvalue weighted by atomic mass is 10.2. The van der Waals surface area contributed by atoms with Gasteiger partial charge in [0.2, 0.25) is 5.95 Å². The molecule has 0 amide bonds. The van der Waals surface area contributed by atoms with Crippen molar-refractivity contribution >= 4 is 22.8 Å². The quantitative estimate of drug-likeness (QED) is 0.751. The Balaban J connectivity index is 1.66. The molecule has 4 heterocycles. The van der Waals surface area contributed by atoms with Gasteiger partial charge < -0.3 is 20.4 Å². The second-order valence-corrected chi connectivity index (χ2v) is 6.50. The summed E-state index contributed by atoms with van der Waals surface area (Å²) in [6.07, 6.45) is 6.25. The van der Waals surface area contributed by atoms with E-state index in [2.05, 4.69) is 43.7 Å². The van der Waals surface area contributed by atoms with E-state index >= 15 is 0 Å². The highest BCUT2D eigenvalue weighted by atomic mass is 16.5. The highest BCUT2D eigenvalue weighted by molar-refractivity contribution is 5.82. The normalized spacial score (nSPS) is 17.5. The van der Waals surface area contributed by atoms with Gasteiger partial charge in [-0.2, -0.15) is 4.98 Å².